The molecule has 1 aromatic rings. The van der Waals surface area contributed by atoms with Crippen LogP contribution in [0.1, 0.15) is 18.0 Å². The van der Waals surface area contributed by atoms with Crippen LogP contribution in [0.5, 0.6) is 0 Å². The SMILES string of the molecule is Cl.FC1CNC(c2ccc(Br)cc2)C1. The predicted octanol–water partition coefficient (Wildman–Crippen LogP) is 3.24. The Kier molecular flexibility index (Phi) is 4.35. The van der Waals surface area contributed by atoms with Gasteiger partial charge in [-0.2, -0.15) is 0 Å². The summed E-state index contributed by atoms with van der Waals surface area (Å²) in [5.74, 6) is 0. The van der Waals surface area contributed by atoms with Crippen molar-refractivity contribution in [1.82, 2.24) is 5.32 Å². The lowest BCUT2D eigenvalue weighted by Gasteiger charge is -2.09. The van der Waals surface area contributed by atoms with Crippen molar-refractivity contribution in [2.75, 3.05) is 6.54 Å². The number of nitrogens with one attached hydrogen (secondary N) is 1. The standard InChI is InChI=1S/C10H11BrFN.ClH/c11-8-3-1-7(2-4-8)10-5-9(12)6-13-10;/h1-4,9-10,13H,5-6H2;1H. The van der Waals surface area contributed by atoms with Gasteiger partial charge in [-0.25, -0.2) is 4.39 Å². The largest absolute Gasteiger partial charge is 0.307 e. The Morgan fingerprint density at radius 3 is 2.43 bits per heavy atom. The fraction of sp³-hybridized carbons (Fsp3) is 0.400. The molecule has 1 nitrogen and oxygen atoms in total. The highest BCUT2D eigenvalue weighted by atomic mass is 79.9. The number of rotatable bonds is 1. The predicted molar refractivity (Wildman–Crippen MR) is 61.6 cm³/mol. The first kappa shape index (κ1) is 12.0. The van der Waals surface area contributed by atoms with Crippen molar-refractivity contribution >= 4 is 28.3 Å². The Labute approximate surface area is 97.6 Å². The van der Waals surface area contributed by atoms with Gasteiger partial charge < -0.3 is 5.32 Å². The second kappa shape index (κ2) is 5.10. The third-order valence-electron chi connectivity index (χ3n) is 2.35. The van der Waals surface area contributed by atoms with Crippen LogP contribution < -0.4 is 5.32 Å². The molecule has 78 valence electrons. The van der Waals surface area contributed by atoms with Crippen molar-refractivity contribution < 1.29 is 4.39 Å². The molecule has 2 atom stereocenters. The van der Waals surface area contributed by atoms with Crippen molar-refractivity contribution in [1.29, 1.82) is 0 Å². The van der Waals surface area contributed by atoms with E-state index in [4.69, 9.17) is 0 Å². The molecule has 0 saturated carbocycles. The zero-order valence-corrected chi connectivity index (χ0v) is 9.94. The highest BCUT2D eigenvalue weighted by Crippen LogP contribution is 2.25. The van der Waals surface area contributed by atoms with E-state index in [2.05, 4.69) is 21.2 Å². The van der Waals surface area contributed by atoms with E-state index in [1.807, 2.05) is 24.3 Å². The molecule has 1 fully saturated rings. The minimum absolute atomic E-state index is 0. The average Bonchev–Trinajstić information content (AvgIpc) is 2.53. The van der Waals surface area contributed by atoms with Crippen LogP contribution in [0.15, 0.2) is 28.7 Å². The van der Waals surface area contributed by atoms with E-state index in [0.29, 0.717) is 13.0 Å². The molecule has 0 spiro atoms. The van der Waals surface area contributed by atoms with Gasteiger partial charge in [0.1, 0.15) is 6.17 Å². The molecule has 1 aromatic carbocycles. The van der Waals surface area contributed by atoms with Gasteiger partial charge in [-0.15, -0.1) is 12.4 Å². The Morgan fingerprint density at radius 2 is 1.93 bits per heavy atom. The summed E-state index contributed by atoms with van der Waals surface area (Å²) >= 11 is 3.37. The Hall–Kier alpha value is -0.120. The maximum Gasteiger partial charge on any atom is 0.114 e. The average molecular weight is 281 g/mol. The van der Waals surface area contributed by atoms with Crippen molar-refractivity contribution in [3.8, 4) is 0 Å². The lowest BCUT2D eigenvalue weighted by atomic mass is 10.1. The summed E-state index contributed by atoms with van der Waals surface area (Å²) in [6.07, 6.45) is -0.0876. The van der Waals surface area contributed by atoms with Gasteiger partial charge in [0.25, 0.3) is 0 Å². The highest BCUT2D eigenvalue weighted by molar-refractivity contribution is 9.10. The first-order valence-electron chi connectivity index (χ1n) is 4.38. The fourth-order valence-electron chi connectivity index (χ4n) is 1.64. The molecule has 1 N–H and O–H groups in total. The number of hydrogen-bond donors (Lipinski definition) is 1. The molecule has 1 aliphatic rings. The van der Waals surface area contributed by atoms with Gasteiger partial charge in [-0.1, -0.05) is 28.1 Å². The van der Waals surface area contributed by atoms with Crippen LogP contribution in [0.25, 0.3) is 0 Å². The maximum atomic E-state index is 12.9. The summed E-state index contributed by atoms with van der Waals surface area (Å²) in [7, 11) is 0. The number of halogens is 3. The molecule has 1 heterocycles. The zero-order chi connectivity index (χ0) is 9.26. The van der Waals surface area contributed by atoms with Gasteiger partial charge in [0.15, 0.2) is 0 Å². The first-order chi connectivity index (χ1) is 6.25. The molecule has 0 radical (unpaired) electrons. The molecule has 2 rings (SSSR count). The first-order valence-corrected chi connectivity index (χ1v) is 5.18. The Balaban J connectivity index is 0.000000980. The van der Waals surface area contributed by atoms with Gasteiger partial charge in [0.2, 0.25) is 0 Å². The fourth-order valence-corrected chi connectivity index (χ4v) is 1.91. The molecule has 14 heavy (non-hydrogen) atoms. The van der Waals surface area contributed by atoms with E-state index in [1.165, 1.54) is 5.56 Å². The van der Waals surface area contributed by atoms with Crippen LogP contribution >= 0.6 is 28.3 Å². The van der Waals surface area contributed by atoms with Crippen LogP contribution in [0.4, 0.5) is 4.39 Å². The van der Waals surface area contributed by atoms with Crippen molar-refractivity contribution in [3.05, 3.63) is 34.3 Å². The van der Waals surface area contributed by atoms with Gasteiger partial charge in [-0.05, 0) is 24.1 Å². The molecule has 2 unspecified atom stereocenters. The van der Waals surface area contributed by atoms with E-state index in [-0.39, 0.29) is 18.4 Å². The maximum absolute atomic E-state index is 12.9. The molecular weight excluding hydrogens is 268 g/mol. The molecule has 0 aliphatic carbocycles. The molecule has 0 bridgehead atoms. The van der Waals surface area contributed by atoms with E-state index < -0.39 is 6.17 Å². The van der Waals surface area contributed by atoms with Gasteiger partial charge >= 0.3 is 0 Å². The molecule has 0 aromatic heterocycles. The van der Waals surface area contributed by atoms with Crippen molar-refractivity contribution in [2.24, 2.45) is 0 Å². The number of hydrogen-bond acceptors (Lipinski definition) is 1. The summed E-state index contributed by atoms with van der Waals surface area (Å²) < 4.78 is 13.9. The number of alkyl halides is 1. The van der Waals surface area contributed by atoms with Crippen LogP contribution in [-0.4, -0.2) is 12.7 Å². The monoisotopic (exact) mass is 279 g/mol. The third kappa shape index (κ3) is 2.69. The van der Waals surface area contributed by atoms with Crippen LogP contribution in [0.3, 0.4) is 0 Å². The van der Waals surface area contributed by atoms with Crippen LogP contribution in [-0.2, 0) is 0 Å². The number of benzene rings is 1. The molecule has 4 heteroatoms. The van der Waals surface area contributed by atoms with E-state index in [0.717, 1.165) is 4.47 Å². The van der Waals surface area contributed by atoms with Crippen LogP contribution in [0, 0.1) is 0 Å². The van der Waals surface area contributed by atoms with Gasteiger partial charge in [0.05, 0.1) is 0 Å². The minimum atomic E-state index is -0.686. The summed E-state index contributed by atoms with van der Waals surface area (Å²) in [4.78, 5) is 0. The lowest BCUT2D eigenvalue weighted by Crippen LogP contribution is -2.13. The zero-order valence-electron chi connectivity index (χ0n) is 7.54. The molecule has 1 saturated heterocycles. The third-order valence-corrected chi connectivity index (χ3v) is 2.88. The quantitative estimate of drug-likeness (QED) is 0.833. The van der Waals surface area contributed by atoms with Gasteiger partial charge in [0, 0.05) is 17.1 Å². The van der Waals surface area contributed by atoms with Crippen LogP contribution in [0.2, 0.25) is 0 Å². The minimum Gasteiger partial charge on any atom is -0.307 e. The summed E-state index contributed by atoms with van der Waals surface area (Å²) in [6.45, 7) is 0.487. The van der Waals surface area contributed by atoms with Crippen molar-refractivity contribution in [3.63, 3.8) is 0 Å². The van der Waals surface area contributed by atoms with E-state index in [1.54, 1.807) is 0 Å². The highest BCUT2D eigenvalue weighted by Gasteiger charge is 2.24. The van der Waals surface area contributed by atoms with Crippen molar-refractivity contribution in [2.45, 2.75) is 18.6 Å². The van der Waals surface area contributed by atoms with E-state index >= 15 is 0 Å². The normalized spacial score (nSPS) is 25.9. The lowest BCUT2D eigenvalue weighted by molar-refractivity contribution is 0.356. The second-order valence-electron chi connectivity index (χ2n) is 3.35. The van der Waals surface area contributed by atoms with Gasteiger partial charge in [-0.3, -0.25) is 0 Å². The molecule has 0 amide bonds. The smallest absolute Gasteiger partial charge is 0.114 e. The topological polar surface area (TPSA) is 12.0 Å². The Morgan fingerprint density at radius 1 is 1.29 bits per heavy atom. The summed E-state index contributed by atoms with van der Waals surface area (Å²) in [6, 6.07) is 8.23. The van der Waals surface area contributed by atoms with E-state index in [9.17, 15) is 4.39 Å². The Bertz CT molecular complexity index is 291. The summed E-state index contributed by atoms with van der Waals surface area (Å²) in [5.41, 5.74) is 1.17. The second-order valence-corrected chi connectivity index (χ2v) is 4.26. The molecular formula is C10H12BrClFN. The summed E-state index contributed by atoms with van der Waals surface area (Å²) in [5, 5.41) is 3.15. The molecule has 1 aliphatic heterocycles.